The maximum absolute atomic E-state index is 12.1. The molecule has 3 N–H and O–H groups in total. The van der Waals surface area contributed by atoms with Crippen LogP contribution in [0, 0.1) is 10.5 Å². The number of nitrogens with two attached hydrogens (primary N) is 1. The zero-order chi connectivity index (χ0) is 13.1. The number of anilines is 2. The third-order valence-corrected chi connectivity index (χ3v) is 3.27. The molecule has 18 heavy (non-hydrogen) atoms. The van der Waals surface area contributed by atoms with Crippen molar-refractivity contribution < 1.29 is 4.79 Å². The number of nitrogen functional groups attached to an aromatic ring is 1. The van der Waals surface area contributed by atoms with Crippen LogP contribution in [0.4, 0.5) is 11.4 Å². The van der Waals surface area contributed by atoms with E-state index >= 15 is 0 Å². The van der Waals surface area contributed by atoms with Crippen LogP contribution < -0.4 is 11.1 Å². The Morgan fingerprint density at radius 1 is 1.22 bits per heavy atom. The zero-order valence-corrected chi connectivity index (χ0v) is 12.1. The predicted octanol–water partition coefficient (Wildman–Crippen LogP) is 3.43. The second-order valence-electron chi connectivity index (χ2n) is 4.04. The lowest BCUT2D eigenvalue weighted by Crippen LogP contribution is -2.13. The third-order valence-electron chi connectivity index (χ3n) is 2.60. The maximum atomic E-state index is 12.1. The van der Waals surface area contributed by atoms with Gasteiger partial charge in [-0.25, -0.2) is 0 Å². The quantitative estimate of drug-likeness (QED) is 0.643. The highest BCUT2D eigenvalue weighted by atomic mass is 127. The number of amides is 1. The number of halogens is 1. The molecule has 0 radical (unpaired) electrons. The van der Waals surface area contributed by atoms with E-state index in [9.17, 15) is 4.79 Å². The van der Waals surface area contributed by atoms with Gasteiger partial charge in [-0.05, 0) is 65.4 Å². The van der Waals surface area contributed by atoms with Crippen molar-refractivity contribution in [2.45, 2.75) is 6.92 Å². The van der Waals surface area contributed by atoms with E-state index in [4.69, 9.17) is 5.73 Å². The van der Waals surface area contributed by atoms with Crippen LogP contribution in [0.2, 0.25) is 0 Å². The molecule has 0 aliphatic heterocycles. The SMILES string of the molecule is Cc1ccc(N)cc1NC(=O)c1cccc(I)c1. The van der Waals surface area contributed by atoms with Gasteiger partial charge in [-0.1, -0.05) is 12.1 Å². The van der Waals surface area contributed by atoms with Crippen molar-refractivity contribution in [2.75, 3.05) is 11.1 Å². The second kappa shape index (κ2) is 5.39. The van der Waals surface area contributed by atoms with E-state index in [2.05, 4.69) is 27.9 Å². The summed E-state index contributed by atoms with van der Waals surface area (Å²) in [4.78, 5) is 12.1. The molecule has 0 saturated heterocycles. The van der Waals surface area contributed by atoms with Crippen LogP contribution in [0.1, 0.15) is 15.9 Å². The van der Waals surface area contributed by atoms with E-state index in [-0.39, 0.29) is 5.91 Å². The first-order chi connectivity index (χ1) is 8.56. The fourth-order valence-electron chi connectivity index (χ4n) is 1.60. The number of hydrogen-bond acceptors (Lipinski definition) is 2. The first kappa shape index (κ1) is 12.9. The highest BCUT2D eigenvalue weighted by Crippen LogP contribution is 2.19. The standard InChI is InChI=1S/C14H13IN2O/c1-9-5-6-12(16)8-13(9)17-14(18)10-3-2-4-11(15)7-10/h2-8H,16H2,1H3,(H,17,18). The highest BCUT2D eigenvalue weighted by Gasteiger charge is 2.08. The highest BCUT2D eigenvalue weighted by molar-refractivity contribution is 14.1. The largest absolute Gasteiger partial charge is 0.399 e. The Balaban J connectivity index is 2.24. The van der Waals surface area contributed by atoms with Gasteiger partial charge >= 0.3 is 0 Å². The van der Waals surface area contributed by atoms with Gasteiger partial charge in [-0.2, -0.15) is 0 Å². The van der Waals surface area contributed by atoms with Crippen LogP contribution in [-0.4, -0.2) is 5.91 Å². The minimum atomic E-state index is -0.123. The van der Waals surface area contributed by atoms with Crippen LogP contribution in [0.5, 0.6) is 0 Å². The molecule has 4 heteroatoms. The van der Waals surface area contributed by atoms with E-state index in [0.29, 0.717) is 11.3 Å². The van der Waals surface area contributed by atoms with E-state index in [0.717, 1.165) is 14.8 Å². The molecule has 3 nitrogen and oxygen atoms in total. The lowest BCUT2D eigenvalue weighted by atomic mass is 10.1. The fourth-order valence-corrected chi connectivity index (χ4v) is 2.14. The molecule has 92 valence electrons. The summed E-state index contributed by atoms with van der Waals surface area (Å²) in [6.45, 7) is 1.93. The topological polar surface area (TPSA) is 55.1 Å². The van der Waals surface area contributed by atoms with Gasteiger partial charge in [0.05, 0.1) is 0 Å². The van der Waals surface area contributed by atoms with Crippen molar-refractivity contribution >= 4 is 39.9 Å². The van der Waals surface area contributed by atoms with Gasteiger partial charge < -0.3 is 11.1 Å². The summed E-state index contributed by atoms with van der Waals surface area (Å²) >= 11 is 2.18. The van der Waals surface area contributed by atoms with Gasteiger partial charge in [0.1, 0.15) is 0 Å². The van der Waals surface area contributed by atoms with E-state index < -0.39 is 0 Å². The van der Waals surface area contributed by atoms with Gasteiger partial charge in [-0.15, -0.1) is 0 Å². The molecule has 0 fully saturated rings. The van der Waals surface area contributed by atoms with Crippen LogP contribution >= 0.6 is 22.6 Å². The molecule has 0 atom stereocenters. The molecule has 0 aliphatic rings. The fraction of sp³-hybridized carbons (Fsp3) is 0.0714. The Bertz CT molecular complexity index is 596. The molecule has 0 unspecified atom stereocenters. The average Bonchev–Trinajstić information content (AvgIpc) is 2.34. The number of benzene rings is 2. The van der Waals surface area contributed by atoms with Crippen LogP contribution in [0.15, 0.2) is 42.5 Å². The van der Waals surface area contributed by atoms with Crippen molar-refractivity contribution in [1.29, 1.82) is 0 Å². The molecule has 0 aromatic heterocycles. The van der Waals surface area contributed by atoms with Crippen molar-refractivity contribution in [2.24, 2.45) is 0 Å². The second-order valence-corrected chi connectivity index (χ2v) is 5.28. The van der Waals surface area contributed by atoms with E-state index in [1.54, 1.807) is 12.1 Å². The van der Waals surface area contributed by atoms with Gasteiger partial charge in [0, 0.05) is 20.5 Å². The predicted molar refractivity (Wildman–Crippen MR) is 82.7 cm³/mol. The van der Waals surface area contributed by atoms with Gasteiger partial charge in [0.15, 0.2) is 0 Å². The number of hydrogen-bond donors (Lipinski definition) is 2. The van der Waals surface area contributed by atoms with Crippen molar-refractivity contribution in [1.82, 2.24) is 0 Å². The number of carbonyl (C=O) groups excluding carboxylic acids is 1. The molecule has 0 aliphatic carbocycles. The van der Waals surface area contributed by atoms with Crippen LogP contribution in [0.25, 0.3) is 0 Å². The lowest BCUT2D eigenvalue weighted by Gasteiger charge is -2.09. The van der Waals surface area contributed by atoms with E-state index in [1.807, 2.05) is 37.3 Å². The molecule has 0 saturated carbocycles. The summed E-state index contributed by atoms with van der Waals surface area (Å²) in [5.41, 5.74) is 8.73. The lowest BCUT2D eigenvalue weighted by molar-refractivity contribution is 0.102. The molecule has 2 aromatic rings. The molecule has 2 aromatic carbocycles. The Kier molecular flexibility index (Phi) is 3.86. The third kappa shape index (κ3) is 3.01. The normalized spacial score (nSPS) is 10.1. The smallest absolute Gasteiger partial charge is 0.255 e. The molecular weight excluding hydrogens is 339 g/mol. The molecule has 0 spiro atoms. The van der Waals surface area contributed by atoms with E-state index in [1.165, 1.54) is 0 Å². The molecule has 0 heterocycles. The van der Waals surface area contributed by atoms with Crippen molar-refractivity contribution in [3.63, 3.8) is 0 Å². The molecule has 1 amide bonds. The van der Waals surface area contributed by atoms with Crippen molar-refractivity contribution in [3.8, 4) is 0 Å². The number of nitrogens with one attached hydrogen (secondary N) is 1. The zero-order valence-electron chi connectivity index (χ0n) is 9.91. The Morgan fingerprint density at radius 2 is 2.00 bits per heavy atom. The van der Waals surface area contributed by atoms with Gasteiger partial charge in [0.25, 0.3) is 5.91 Å². The summed E-state index contributed by atoms with van der Waals surface area (Å²) in [6.07, 6.45) is 0. The number of aryl methyl sites for hydroxylation is 1. The summed E-state index contributed by atoms with van der Waals surface area (Å²) in [5.74, 6) is -0.123. The molecular formula is C14H13IN2O. The first-order valence-corrected chi connectivity index (χ1v) is 6.57. The first-order valence-electron chi connectivity index (χ1n) is 5.49. The van der Waals surface area contributed by atoms with Gasteiger partial charge in [0.2, 0.25) is 0 Å². The monoisotopic (exact) mass is 352 g/mol. The minimum absolute atomic E-state index is 0.123. The maximum Gasteiger partial charge on any atom is 0.255 e. The Hall–Kier alpha value is -1.56. The number of carbonyl (C=O) groups is 1. The Labute approximate surface area is 120 Å². The summed E-state index contributed by atoms with van der Waals surface area (Å²) < 4.78 is 1.03. The summed E-state index contributed by atoms with van der Waals surface area (Å²) in [7, 11) is 0. The van der Waals surface area contributed by atoms with Crippen LogP contribution in [-0.2, 0) is 0 Å². The Morgan fingerprint density at radius 3 is 2.72 bits per heavy atom. The molecule has 0 bridgehead atoms. The van der Waals surface area contributed by atoms with Crippen molar-refractivity contribution in [3.05, 3.63) is 57.2 Å². The van der Waals surface area contributed by atoms with Crippen LogP contribution in [0.3, 0.4) is 0 Å². The summed E-state index contributed by atoms with van der Waals surface area (Å²) in [5, 5.41) is 2.87. The molecule has 2 rings (SSSR count). The average molecular weight is 352 g/mol. The summed E-state index contributed by atoms with van der Waals surface area (Å²) in [6, 6.07) is 12.9. The minimum Gasteiger partial charge on any atom is -0.399 e. The van der Waals surface area contributed by atoms with Gasteiger partial charge in [-0.3, -0.25) is 4.79 Å². The number of rotatable bonds is 2.